The van der Waals surface area contributed by atoms with E-state index in [1.165, 1.54) is 51.6 Å². The van der Waals surface area contributed by atoms with E-state index in [0.29, 0.717) is 0 Å². The number of nitrogens with zero attached hydrogens (tertiary/aromatic N) is 1. The first-order chi connectivity index (χ1) is 7.72. The molecule has 0 aromatic carbocycles. The molecule has 1 heterocycles. The predicted molar refractivity (Wildman–Crippen MR) is 66.4 cm³/mol. The number of likely N-dealkylation sites (tertiary alicyclic amines) is 1. The third-order valence-electron chi connectivity index (χ3n) is 4.25. The van der Waals surface area contributed by atoms with Crippen molar-refractivity contribution in [3.63, 3.8) is 0 Å². The highest BCUT2D eigenvalue weighted by Gasteiger charge is 2.32. The van der Waals surface area contributed by atoms with Gasteiger partial charge in [-0.2, -0.15) is 0 Å². The van der Waals surface area contributed by atoms with Crippen molar-refractivity contribution in [3.8, 4) is 0 Å². The molecule has 2 N–H and O–H groups in total. The topological polar surface area (TPSA) is 38.5 Å². The van der Waals surface area contributed by atoms with Gasteiger partial charge in [-0.3, -0.25) is 0 Å². The smallest absolute Gasteiger partial charge is 0.0491 e. The summed E-state index contributed by atoms with van der Waals surface area (Å²) >= 11 is 0. The summed E-state index contributed by atoms with van der Waals surface area (Å²) in [6, 6.07) is 0. The van der Waals surface area contributed by atoms with Gasteiger partial charge in [0.05, 0.1) is 0 Å². The van der Waals surface area contributed by atoms with Crippen LogP contribution in [0.1, 0.15) is 38.5 Å². The fraction of sp³-hybridized carbons (Fsp3) is 1.00. The Kier molecular flexibility index (Phi) is 4.22. The summed E-state index contributed by atoms with van der Waals surface area (Å²) in [5.74, 6) is 0.776. The van der Waals surface area contributed by atoms with Crippen molar-refractivity contribution in [2.75, 3.05) is 33.4 Å². The molecular weight excluding hydrogens is 200 g/mol. The molecule has 1 saturated carbocycles. The van der Waals surface area contributed by atoms with Crippen LogP contribution in [0.5, 0.6) is 0 Å². The van der Waals surface area contributed by atoms with Crippen molar-refractivity contribution in [1.82, 2.24) is 4.90 Å². The lowest BCUT2D eigenvalue weighted by molar-refractivity contribution is 0.0892. The fourth-order valence-corrected chi connectivity index (χ4v) is 3.23. The molecule has 16 heavy (non-hydrogen) atoms. The second-order valence-corrected chi connectivity index (χ2v) is 5.74. The summed E-state index contributed by atoms with van der Waals surface area (Å²) in [5.41, 5.74) is 6.55. The minimum atomic E-state index is 0.133. The van der Waals surface area contributed by atoms with Gasteiger partial charge in [-0.05, 0) is 44.7 Å². The zero-order valence-corrected chi connectivity index (χ0v) is 10.6. The number of methoxy groups -OCH3 is 1. The number of rotatable bonds is 4. The minimum Gasteiger partial charge on any atom is -0.384 e. The van der Waals surface area contributed by atoms with Crippen LogP contribution in [0.3, 0.4) is 0 Å². The molecule has 3 nitrogen and oxygen atoms in total. The van der Waals surface area contributed by atoms with Crippen molar-refractivity contribution >= 4 is 0 Å². The van der Waals surface area contributed by atoms with Crippen LogP contribution in [0.4, 0.5) is 0 Å². The molecule has 0 amide bonds. The molecule has 0 radical (unpaired) electrons. The molecule has 1 aliphatic carbocycles. The summed E-state index contributed by atoms with van der Waals surface area (Å²) in [4.78, 5) is 2.57. The lowest BCUT2D eigenvalue weighted by atomic mass is 9.94. The highest BCUT2D eigenvalue weighted by molar-refractivity contribution is 4.92. The fourth-order valence-electron chi connectivity index (χ4n) is 3.23. The van der Waals surface area contributed by atoms with Gasteiger partial charge in [-0.15, -0.1) is 0 Å². The largest absolute Gasteiger partial charge is 0.384 e. The van der Waals surface area contributed by atoms with Gasteiger partial charge in [0.25, 0.3) is 0 Å². The number of hydrogen-bond donors (Lipinski definition) is 1. The van der Waals surface area contributed by atoms with E-state index >= 15 is 0 Å². The van der Waals surface area contributed by atoms with Gasteiger partial charge in [-0.25, -0.2) is 0 Å². The summed E-state index contributed by atoms with van der Waals surface area (Å²) < 4.78 is 5.23. The Morgan fingerprint density at radius 2 is 1.88 bits per heavy atom. The lowest BCUT2D eigenvalue weighted by Crippen LogP contribution is -2.50. The van der Waals surface area contributed by atoms with E-state index in [2.05, 4.69) is 4.90 Å². The molecule has 0 unspecified atom stereocenters. The number of hydrogen-bond acceptors (Lipinski definition) is 3. The maximum absolute atomic E-state index is 6.42. The molecule has 0 atom stereocenters. The first kappa shape index (κ1) is 12.3. The maximum Gasteiger partial charge on any atom is 0.0491 e. The highest BCUT2D eigenvalue weighted by atomic mass is 16.5. The number of ether oxygens (including phenoxy) is 1. The van der Waals surface area contributed by atoms with Crippen LogP contribution in [-0.2, 0) is 4.74 Å². The molecule has 0 bridgehead atoms. The van der Waals surface area contributed by atoms with Crippen LogP contribution >= 0.6 is 0 Å². The average Bonchev–Trinajstić information content (AvgIpc) is 2.68. The van der Waals surface area contributed by atoms with Crippen molar-refractivity contribution in [3.05, 3.63) is 0 Å². The molecule has 0 aromatic heterocycles. The monoisotopic (exact) mass is 226 g/mol. The summed E-state index contributed by atoms with van der Waals surface area (Å²) in [5, 5.41) is 0. The molecule has 2 rings (SSSR count). The Morgan fingerprint density at radius 1 is 1.25 bits per heavy atom. The molecule has 1 saturated heterocycles. The van der Waals surface area contributed by atoms with E-state index in [1.54, 1.807) is 7.11 Å². The van der Waals surface area contributed by atoms with E-state index in [1.807, 2.05) is 0 Å². The van der Waals surface area contributed by atoms with E-state index in [-0.39, 0.29) is 5.54 Å². The second-order valence-electron chi connectivity index (χ2n) is 5.74. The van der Waals surface area contributed by atoms with E-state index < -0.39 is 0 Å². The van der Waals surface area contributed by atoms with Crippen molar-refractivity contribution < 1.29 is 4.74 Å². The van der Waals surface area contributed by atoms with Gasteiger partial charge in [0.1, 0.15) is 0 Å². The first-order valence-corrected chi connectivity index (χ1v) is 6.72. The number of piperidine rings is 1. The molecule has 1 aliphatic heterocycles. The maximum atomic E-state index is 6.42. The zero-order valence-electron chi connectivity index (χ0n) is 10.6. The predicted octanol–water partition coefficient (Wildman–Crippen LogP) is 1.62. The minimum absolute atomic E-state index is 0.133. The van der Waals surface area contributed by atoms with Crippen molar-refractivity contribution in [1.29, 1.82) is 0 Å². The molecule has 0 aromatic rings. The quantitative estimate of drug-likeness (QED) is 0.791. The average molecular weight is 226 g/mol. The van der Waals surface area contributed by atoms with E-state index in [0.717, 1.165) is 19.1 Å². The van der Waals surface area contributed by atoms with Crippen LogP contribution in [0, 0.1) is 5.92 Å². The van der Waals surface area contributed by atoms with Crippen molar-refractivity contribution in [2.24, 2.45) is 11.7 Å². The Morgan fingerprint density at radius 3 is 2.44 bits per heavy atom. The normalized spacial score (nSPS) is 27.4. The van der Waals surface area contributed by atoms with Gasteiger partial charge >= 0.3 is 0 Å². The van der Waals surface area contributed by atoms with Crippen LogP contribution in [-0.4, -0.2) is 43.8 Å². The molecule has 3 heteroatoms. The molecule has 2 fully saturated rings. The van der Waals surface area contributed by atoms with Gasteiger partial charge < -0.3 is 15.4 Å². The van der Waals surface area contributed by atoms with Crippen molar-refractivity contribution in [2.45, 2.75) is 44.1 Å². The first-order valence-electron chi connectivity index (χ1n) is 6.72. The standard InChI is InChI=1S/C13H26N2O/c1-16-10-12-4-8-15(9-5-12)11-13(14)6-2-3-7-13/h12H,2-11,14H2,1H3. The van der Waals surface area contributed by atoms with Crippen LogP contribution < -0.4 is 5.73 Å². The summed E-state index contributed by atoms with van der Waals surface area (Å²) in [7, 11) is 1.81. The van der Waals surface area contributed by atoms with Gasteiger partial charge in [-0.1, -0.05) is 12.8 Å². The Bertz CT molecular complexity index is 206. The Balaban J connectivity index is 1.72. The molecule has 94 valence electrons. The van der Waals surface area contributed by atoms with E-state index in [9.17, 15) is 0 Å². The third-order valence-corrected chi connectivity index (χ3v) is 4.25. The lowest BCUT2D eigenvalue weighted by Gasteiger charge is -2.37. The van der Waals surface area contributed by atoms with Gasteiger partial charge in [0.15, 0.2) is 0 Å². The summed E-state index contributed by atoms with van der Waals surface area (Å²) in [6.07, 6.45) is 7.68. The Labute approximate surface area is 99.3 Å². The van der Waals surface area contributed by atoms with Gasteiger partial charge in [0, 0.05) is 25.8 Å². The van der Waals surface area contributed by atoms with Gasteiger partial charge in [0.2, 0.25) is 0 Å². The second kappa shape index (κ2) is 5.48. The molecule has 0 spiro atoms. The molecule has 2 aliphatic rings. The van der Waals surface area contributed by atoms with Crippen LogP contribution in [0.25, 0.3) is 0 Å². The molecular formula is C13H26N2O. The highest BCUT2D eigenvalue weighted by Crippen LogP contribution is 2.29. The van der Waals surface area contributed by atoms with Crippen LogP contribution in [0.15, 0.2) is 0 Å². The summed E-state index contributed by atoms with van der Waals surface area (Å²) in [6.45, 7) is 4.48. The van der Waals surface area contributed by atoms with Crippen LogP contribution in [0.2, 0.25) is 0 Å². The third kappa shape index (κ3) is 3.19. The Hall–Kier alpha value is -0.120. The SMILES string of the molecule is COCC1CCN(CC2(N)CCCC2)CC1. The zero-order chi connectivity index (χ0) is 11.4. The number of nitrogens with two attached hydrogens (primary N) is 1. The van der Waals surface area contributed by atoms with E-state index in [4.69, 9.17) is 10.5 Å².